The van der Waals surface area contributed by atoms with Crippen LogP contribution < -0.4 is 5.32 Å². The Labute approximate surface area is 148 Å². The standard InChI is InChI=1S/C17H13F2N3O3S/c18-17(19)26(24,25)15-9-5-4-8-13(15)20-16(23)14-10-11-22(21-14)12-6-2-1-3-7-12/h1-11,17H,(H,20,23). The van der Waals surface area contributed by atoms with Crippen molar-refractivity contribution in [2.75, 3.05) is 5.32 Å². The van der Waals surface area contributed by atoms with Crippen LogP contribution in [0.3, 0.4) is 0 Å². The quantitative estimate of drug-likeness (QED) is 0.741. The predicted octanol–water partition coefficient (Wildman–Crippen LogP) is 3.12. The van der Waals surface area contributed by atoms with Crippen LogP contribution in [0.15, 0.2) is 71.8 Å². The zero-order valence-electron chi connectivity index (χ0n) is 13.2. The van der Waals surface area contributed by atoms with Crippen molar-refractivity contribution in [3.63, 3.8) is 0 Å². The van der Waals surface area contributed by atoms with Gasteiger partial charge in [-0.3, -0.25) is 4.79 Å². The predicted molar refractivity (Wildman–Crippen MR) is 91.1 cm³/mol. The minimum atomic E-state index is -4.85. The molecule has 0 spiro atoms. The molecule has 1 aromatic heterocycles. The van der Waals surface area contributed by atoms with E-state index in [0.717, 1.165) is 11.8 Å². The molecule has 0 aliphatic rings. The van der Waals surface area contributed by atoms with Crippen LogP contribution in [0, 0.1) is 0 Å². The Kier molecular flexibility index (Phi) is 4.81. The summed E-state index contributed by atoms with van der Waals surface area (Å²) in [5.74, 6) is -4.30. The Balaban J connectivity index is 1.87. The third kappa shape index (κ3) is 3.47. The van der Waals surface area contributed by atoms with E-state index in [0.29, 0.717) is 0 Å². The van der Waals surface area contributed by atoms with Gasteiger partial charge in [-0.2, -0.15) is 13.9 Å². The Morgan fingerprint density at radius 2 is 1.65 bits per heavy atom. The summed E-state index contributed by atoms with van der Waals surface area (Å²) in [7, 11) is -4.85. The molecular weight excluding hydrogens is 364 g/mol. The normalized spacial score (nSPS) is 11.5. The highest BCUT2D eigenvalue weighted by molar-refractivity contribution is 7.91. The second kappa shape index (κ2) is 7.04. The van der Waals surface area contributed by atoms with Crippen molar-refractivity contribution in [1.82, 2.24) is 9.78 Å². The second-order valence-corrected chi connectivity index (χ2v) is 7.12. The summed E-state index contributed by atoms with van der Waals surface area (Å²) in [6.45, 7) is 0. The number of halogens is 2. The van der Waals surface area contributed by atoms with Crippen molar-refractivity contribution < 1.29 is 22.0 Å². The molecule has 1 heterocycles. The summed E-state index contributed by atoms with van der Waals surface area (Å²) in [5.41, 5.74) is 0.511. The van der Waals surface area contributed by atoms with Gasteiger partial charge in [-0.05, 0) is 30.3 Å². The third-order valence-corrected chi connectivity index (χ3v) is 4.96. The molecular formula is C17H13F2N3O3S. The third-order valence-electron chi connectivity index (χ3n) is 3.52. The lowest BCUT2D eigenvalue weighted by Crippen LogP contribution is -2.18. The number of amides is 1. The van der Waals surface area contributed by atoms with Crippen LogP contribution in [0.25, 0.3) is 5.69 Å². The van der Waals surface area contributed by atoms with Gasteiger partial charge in [0.25, 0.3) is 5.91 Å². The Morgan fingerprint density at radius 1 is 1.00 bits per heavy atom. The number of sulfone groups is 1. The van der Waals surface area contributed by atoms with E-state index in [1.165, 1.54) is 28.9 Å². The molecule has 1 amide bonds. The summed E-state index contributed by atoms with van der Waals surface area (Å²) in [6.07, 6.45) is 1.56. The highest BCUT2D eigenvalue weighted by atomic mass is 32.2. The van der Waals surface area contributed by atoms with Crippen LogP contribution in [-0.2, 0) is 9.84 Å². The monoisotopic (exact) mass is 377 g/mol. The minimum Gasteiger partial charge on any atom is -0.319 e. The molecule has 0 unspecified atom stereocenters. The molecule has 0 fully saturated rings. The van der Waals surface area contributed by atoms with Gasteiger partial charge in [0, 0.05) is 6.20 Å². The molecule has 3 aromatic rings. The zero-order chi connectivity index (χ0) is 18.7. The van der Waals surface area contributed by atoms with E-state index in [1.807, 2.05) is 18.2 Å². The number of alkyl halides is 2. The van der Waals surface area contributed by atoms with Crippen molar-refractivity contribution in [1.29, 1.82) is 0 Å². The van der Waals surface area contributed by atoms with Crippen LogP contribution in [-0.4, -0.2) is 29.9 Å². The number of anilines is 1. The minimum absolute atomic E-state index is 0.0121. The molecule has 0 bridgehead atoms. The number of aromatic nitrogens is 2. The Bertz CT molecular complexity index is 1030. The van der Waals surface area contributed by atoms with Gasteiger partial charge >= 0.3 is 5.76 Å². The van der Waals surface area contributed by atoms with Crippen molar-refractivity contribution >= 4 is 21.4 Å². The number of hydrogen-bond acceptors (Lipinski definition) is 4. The van der Waals surface area contributed by atoms with Gasteiger partial charge in [0.2, 0.25) is 9.84 Å². The molecule has 26 heavy (non-hydrogen) atoms. The van der Waals surface area contributed by atoms with Gasteiger partial charge in [0.1, 0.15) is 0 Å². The van der Waals surface area contributed by atoms with Gasteiger partial charge in [-0.25, -0.2) is 13.1 Å². The lowest BCUT2D eigenvalue weighted by atomic mass is 10.3. The molecule has 3 rings (SSSR count). The maximum Gasteiger partial charge on any atom is 0.341 e. The second-order valence-electron chi connectivity index (χ2n) is 5.24. The van der Waals surface area contributed by atoms with E-state index in [9.17, 15) is 22.0 Å². The molecule has 134 valence electrons. The van der Waals surface area contributed by atoms with Gasteiger partial charge < -0.3 is 5.32 Å². The smallest absolute Gasteiger partial charge is 0.319 e. The van der Waals surface area contributed by atoms with E-state index >= 15 is 0 Å². The largest absolute Gasteiger partial charge is 0.341 e. The first kappa shape index (κ1) is 17.7. The van der Waals surface area contributed by atoms with Crippen LogP contribution in [0.1, 0.15) is 10.5 Å². The van der Waals surface area contributed by atoms with Crippen molar-refractivity contribution in [2.45, 2.75) is 10.7 Å². The Hall–Kier alpha value is -3.07. The number of benzene rings is 2. The van der Waals surface area contributed by atoms with E-state index in [2.05, 4.69) is 10.4 Å². The number of carbonyl (C=O) groups is 1. The molecule has 0 radical (unpaired) electrons. The molecule has 0 atom stereocenters. The summed E-state index contributed by atoms with van der Waals surface area (Å²) >= 11 is 0. The van der Waals surface area contributed by atoms with Gasteiger partial charge in [0.05, 0.1) is 16.3 Å². The van der Waals surface area contributed by atoms with Crippen LogP contribution in [0.5, 0.6) is 0 Å². The molecule has 0 saturated heterocycles. The summed E-state index contributed by atoms with van der Waals surface area (Å²) in [5, 5.41) is 6.44. The maximum atomic E-state index is 12.8. The first-order chi connectivity index (χ1) is 12.4. The topological polar surface area (TPSA) is 81.1 Å². The summed E-state index contributed by atoms with van der Waals surface area (Å²) in [4.78, 5) is 11.7. The number of carbonyl (C=O) groups excluding carboxylic acids is 1. The number of para-hydroxylation sites is 2. The fourth-order valence-corrected chi connectivity index (χ4v) is 3.16. The fraction of sp³-hybridized carbons (Fsp3) is 0.0588. The zero-order valence-corrected chi connectivity index (χ0v) is 14.0. The van der Waals surface area contributed by atoms with Crippen molar-refractivity contribution in [2.24, 2.45) is 0 Å². The SMILES string of the molecule is O=C(Nc1ccccc1S(=O)(=O)C(F)F)c1ccn(-c2ccccc2)n1. The molecule has 1 N–H and O–H groups in total. The van der Waals surface area contributed by atoms with Crippen LogP contribution in [0.4, 0.5) is 14.5 Å². The lowest BCUT2D eigenvalue weighted by Gasteiger charge is -2.10. The fourth-order valence-electron chi connectivity index (χ4n) is 2.27. The first-order valence-corrected chi connectivity index (χ1v) is 8.98. The molecule has 6 nitrogen and oxygen atoms in total. The van der Waals surface area contributed by atoms with E-state index in [1.54, 1.807) is 18.3 Å². The number of rotatable bonds is 5. The van der Waals surface area contributed by atoms with Crippen LogP contribution in [0.2, 0.25) is 0 Å². The summed E-state index contributed by atoms with van der Waals surface area (Å²) < 4.78 is 50.6. The van der Waals surface area contributed by atoms with E-state index < -0.39 is 26.4 Å². The number of nitrogens with one attached hydrogen (secondary N) is 1. The molecule has 2 aromatic carbocycles. The van der Waals surface area contributed by atoms with E-state index in [-0.39, 0.29) is 11.4 Å². The number of hydrogen-bond donors (Lipinski definition) is 1. The molecule has 0 aliphatic carbocycles. The van der Waals surface area contributed by atoms with Gasteiger partial charge in [-0.1, -0.05) is 30.3 Å². The molecule has 9 heteroatoms. The Morgan fingerprint density at radius 3 is 2.35 bits per heavy atom. The summed E-state index contributed by atoms with van der Waals surface area (Å²) in [6, 6.07) is 15.5. The lowest BCUT2D eigenvalue weighted by molar-refractivity contribution is 0.102. The highest BCUT2D eigenvalue weighted by Gasteiger charge is 2.29. The molecule has 0 aliphatic heterocycles. The first-order valence-electron chi connectivity index (χ1n) is 7.43. The van der Waals surface area contributed by atoms with Gasteiger partial charge in [0.15, 0.2) is 5.69 Å². The van der Waals surface area contributed by atoms with Gasteiger partial charge in [-0.15, -0.1) is 0 Å². The van der Waals surface area contributed by atoms with Crippen molar-refractivity contribution in [3.05, 3.63) is 72.6 Å². The number of nitrogens with zero attached hydrogens (tertiary/aromatic N) is 2. The van der Waals surface area contributed by atoms with Crippen LogP contribution >= 0.6 is 0 Å². The highest BCUT2D eigenvalue weighted by Crippen LogP contribution is 2.26. The maximum absolute atomic E-state index is 12.8. The average Bonchev–Trinajstić information content (AvgIpc) is 3.13. The average molecular weight is 377 g/mol. The van der Waals surface area contributed by atoms with Crippen molar-refractivity contribution in [3.8, 4) is 5.69 Å². The van der Waals surface area contributed by atoms with E-state index in [4.69, 9.17) is 0 Å². The molecule has 0 saturated carbocycles.